The van der Waals surface area contributed by atoms with Gasteiger partial charge in [-0.1, -0.05) is 78.9 Å². The summed E-state index contributed by atoms with van der Waals surface area (Å²) in [5.74, 6) is 2.03. The highest BCUT2D eigenvalue weighted by Crippen LogP contribution is 2.49. The van der Waals surface area contributed by atoms with Crippen molar-refractivity contribution in [1.29, 1.82) is 0 Å². The van der Waals surface area contributed by atoms with Crippen molar-refractivity contribution in [3.8, 4) is 11.4 Å². The molecule has 0 radical (unpaired) electrons. The van der Waals surface area contributed by atoms with Gasteiger partial charge >= 0.3 is 14.0 Å². The highest BCUT2D eigenvalue weighted by atomic mass is 16.4. The van der Waals surface area contributed by atoms with E-state index in [9.17, 15) is 0 Å². The third-order valence-electron chi connectivity index (χ3n) is 10.5. The van der Waals surface area contributed by atoms with Crippen molar-refractivity contribution < 1.29 is 4.42 Å². The molecule has 10 rings (SSSR count). The first-order chi connectivity index (χ1) is 25.1. The Bertz CT molecular complexity index is 2550. The lowest BCUT2D eigenvalue weighted by atomic mass is 9.65. The van der Waals surface area contributed by atoms with Gasteiger partial charge in [-0.2, -0.15) is 0 Å². The Morgan fingerprint density at radius 3 is 1.65 bits per heavy atom. The zero-order chi connectivity index (χ0) is 34.2. The number of hydrogen-bond donors (Lipinski definition) is 0. The van der Waals surface area contributed by atoms with Crippen LogP contribution in [0.3, 0.4) is 0 Å². The first-order valence-corrected chi connectivity index (χ1v) is 17.2. The third kappa shape index (κ3) is 4.35. The van der Waals surface area contributed by atoms with Crippen molar-refractivity contribution >= 4 is 81.2 Å². The molecular weight excluding hydrogens is 628 g/mol. The Morgan fingerprint density at radius 2 is 1.04 bits per heavy atom. The number of benzene rings is 4. The molecule has 0 saturated carbocycles. The molecule has 8 aromatic rings. The van der Waals surface area contributed by atoms with Crippen molar-refractivity contribution in [2.45, 2.75) is 0 Å². The van der Waals surface area contributed by atoms with Gasteiger partial charge in [0.25, 0.3) is 0 Å². The van der Waals surface area contributed by atoms with E-state index in [4.69, 9.17) is 14.4 Å². The van der Waals surface area contributed by atoms with E-state index in [0.29, 0.717) is 0 Å². The fourth-order valence-electron chi connectivity index (χ4n) is 8.19. The minimum Gasteiger partial charge on any atom is -0.439 e. The molecule has 244 valence electrons. The maximum absolute atomic E-state index is 6.40. The predicted molar refractivity (Wildman–Crippen MR) is 211 cm³/mol. The molecule has 8 nitrogen and oxygen atoms in total. The monoisotopic (exact) mass is 661 g/mol. The Hall–Kier alpha value is -6.41. The molecule has 0 amide bonds. The number of anilines is 6. The standard InChI is InChI=1S/C41H33B2N7O/c1-46-36-20-12-10-18-32(36)38-40(46)47(2)42(49(38)30-14-6-4-7-15-30)28-22-24-34(44-26-28)35-25-23-29(27-45-35)43-48(3)41-39(33-19-11-13-21-37(33)51-41)50(43)31-16-8-5-9-17-31/h4-27H,1-3H3. The predicted octanol–water partition coefficient (Wildman–Crippen LogP) is 7.35. The van der Waals surface area contributed by atoms with Crippen LogP contribution >= 0.6 is 0 Å². The van der Waals surface area contributed by atoms with Crippen LogP contribution in [0, 0.1) is 0 Å². The van der Waals surface area contributed by atoms with Crippen LogP contribution in [-0.2, 0) is 7.05 Å². The largest absolute Gasteiger partial charge is 0.439 e. The Morgan fingerprint density at radius 1 is 0.510 bits per heavy atom. The van der Waals surface area contributed by atoms with Gasteiger partial charge in [0.05, 0.1) is 22.6 Å². The molecular formula is C41H33B2N7O. The second kappa shape index (κ2) is 11.3. The SMILES string of the molecule is CN1B(c2ccc(-c3ccc(B4N(C)c5c(c6ccccc6n5C)N4c4ccccc4)cn3)nc2)N(c2ccccc2)c2c1oc1ccccc21. The first-order valence-electron chi connectivity index (χ1n) is 17.2. The molecule has 2 aliphatic rings. The minimum atomic E-state index is -0.123. The van der Waals surface area contributed by atoms with Crippen molar-refractivity contribution in [3.63, 3.8) is 0 Å². The fourth-order valence-corrected chi connectivity index (χ4v) is 8.19. The lowest BCUT2D eigenvalue weighted by Gasteiger charge is -2.28. The molecule has 0 fully saturated rings. The van der Waals surface area contributed by atoms with Gasteiger partial charge in [0.1, 0.15) is 17.1 Å². The zero-order valence-electron chi connectivity index (χ0n) is 28.5. The van der Waals surface area contributed by atoms with Gasteiger partial charge in [0.2, 0.25) is 5.88 Å². The lowest BCUT2D eigenvalue weighted by molar-refractivity contribution is 0.624. The summed E-state index contributed by atoms with van der Waals surface area (Å²) in [6, 6.07) is 46.5. The highest BCUT2D eigenvalue weighted by Gasteiger charge is 2.46. The second-order valence-corrected chi connectivity index (χ2v) is 13.3. The number of furan rings is 1. The van der Waals surface area contributed by atoms with Gasteiger partial charge in [-0.05, 0) is 79.6 Å². The van der Waals surface area contributed by atoms with Crippen LogP contribution in [0.4, 0.5) is 34.5 Å². The van der Waals surface area contributed by atoms with Crippen LogP contribution in [0.15, 0.2) is 150 Å². The quantitative estimate of drug-likeness (QED) is 0.179. The second-order valence-electron chi connectivity index (χ2n) is 13.3. The van der Waals surface area contributed by atoms with E-state index >= 15 is 0 Å². The summed E-state index contributed by atoms with van der Waals surface area (Å²) >= 11 is 0. The molecule has 4 aromatic carbocycles. The van der Waals surface area contributed by atoms with E-state index in [-0.39, 0.29) is 14.0 Å². The van der Waals surface area contributed by atoms with E-state index in [1.54, 1.807) is 0 Å². The maximum atomic E-state index is 6.40. The van der Waals surface area contributed by atoms with E-state index in [2.05, 4.69) is 160 Å². The summed E-state index contributed by atoms with van der Waals surface area (Å²) in [4.78, 5) is 19.3. The molecule has 2 aliphatic heterocycles. The van der Waals surface area contributed by atoms with Crippen LogP contribution in [-0.4, -0.2) is 42.6 Å². The van der Waals surface area contributed by atoms with E-state index in [1.807, 2.05) is 30.6 Å². The summed E-state index contributed by atoms with van der Waals surface area (Å²) in [5, 5.41) is 2.33. The molecule has 0 saturated heterocycles. The van der Waals surface area contributed by atoms with Crippen LogP contribution in [0.25, 0.3) is 33.3 Å². The van der Waals surface area contributed by atoms with Gasteiger partial charge in [-0.15, -0.1) is 0 Å². The molecule has 6 heterocycles. The molecule has 0 spiro atoms. The number of nitrogens with zero attached hydrogens (tertiary/aromatic N) is 7. The van der Waals surface area contributed by atoms with Gasteiger partial charge < -0.3 is 28.2 Å². The normalized spacial score (nSPS) is 13.9. The summed E-state index contributed by atoms with van der Waals surface area (Å²) in [6.45, 7) is -0.184. The van der Waals surface area contributed by atoms with E-state index in [1.165, 1.54) is 22.4 Å². The number of para-hydroxylation sites is 4. The molecule has 0 atom stereocenters. The van der Waals surface area contributed by atoms with Crippen molar-refractivity contribution in [3.05, 3.63) is 146 Å². The fraction of sp³-hybridized carbons (Fsp3) is 0.0732. The Balaban J connectivity index is 0.988. The smallest absolute Gasteiger partial charge is 0.419 e. The number of rotatable bonds is 5. The summed E-state index contributed by atoms with van der Waals surface area (Å²) in [7, 11) is 6.41. The molecule has 0 unspecified atom stereocenters. The van der Waals surface area contributed by atoms with Gasteiger partial charge in [0.15, 0.2) is 0 Å². The third-order valence-corrected chi connectivity index (χ3v) is 10.5. The van der Waals surface area contributed by atoms with E-state index in [0.717, 1.165) is 56.2 Å². The van der Waals surface area contributed by atoms with Gasteiger partial charge in [0, 0.05) is 41.6 Å². The van der Waals surface area contributed by atoms with Crippen LogP contribution in [0.5, 0.6) is 0 Å². The summed E-state index contributed by atoms with van der Waals surface area (Å²) in [6.07, 6.45) is 3.97. The summed E-state index contributed by atoms with van der Waals surface area (Å²) in [5.41, 5.74) is 10.4. The molecule has 10 heteroatoms. The number of pyridine rings is 2. The van der Waals surface area contributed by atoms with Gasteiger partial charge in [-0.3, -0.25) is 9.97 Å². The topological polar surface area (TPSA) is 56.8 Å². The van der Waals surface area contributed by atoms with Crippen molar-refractivity contribution in [1.82, 2.24) is 14.5 Å². The van der Waals surface area contributed by atoms with Crippen LogP contribution in [0.1, 0.15) is 0 Å². The van der Waals surface area contributed by atoms with Gasteiger partial charge in [-0.25, -0.2) is 0 Å². The number of fused-ring (bicyclic) bond motifs is 6. The molecule has 51 heavy (non-hydrogen) atoms. The minimum absolute atomic E-state index is 0.0613. The van der Waals surface area contributed by atoms with Crippen LogP contribution in [0.2, 0.25) is 0 Å². The average molecular weight is 661 g/mol. The lowest BCUT2D eigenvalue weighted by Crippen LogP contribution is -2.54. The zero-order valence-corrected chi connectivity index (χ0v) is 28.5. The molecule has 4 aromatic heterocycles. The summed E-state index contributed by atoms with van der Waals surface area (Å²) < 4.78 is 8.70. The van der Waals surface area contributed by atoms with Crippen LogP contribution < -0.4 is 30.2 Å². The average Bonchev–Trinajstić information content (AvgIpc) is 3.89. The molecule has 0 bridgehead atoms. The number of aryl methyl sites for hydroxylation is 1. The molecule has 0 N–H and O–H groups in total. The Kier molecular flexibility index (Phi) is 6.55. The number of hydrogen-bond acceptors (Lipinski definition) is 7. The van der Waals surface area contributed by atoms with Crippen molar-refractivity contribution in [2.24, 2.45) is 7.05 Å². The first kappa shape index (κ1) is 29.5. The Labute approximate surface area is 297 Å². The molecule has 0 aliphatic carbocycles. The number of aromatic nitrogens is 3. The highest BCUT2D eigenvalue weighted by molar-refractivity contribution is 6.84. The van der Waals surface area contributed by atoms with E-state index < -0.39 is 0 Å². The maximum Gasteiger partial charge on any atom is 0.419 e. The van der Waals surface area contributed by atoms with Crippen molar-refractivity contribution in [2.75, 3.05) is 33.3 Å².